The van der Waals surface area contributed by atoms with E-state index in [0.29, 0.717) is 25.5 Å². The van der Waals surface area contributed by atoms with Crippen LogP contribution in [0.3, 0.4) is 0 Å². The average molecular weight is 374 g/mol. The Morgan fingerprint density at radius 1 is 1.15 bits per heavy atom. The van der Waals surface area contributed by atoms with Gasteiger partial charge in [-0.05, 0) is 11.5 Å². The molecule has 2 fully saturated rings. The highest BCUT2D eigenvalue weighted by molar-refractivity contribution is 7.88. The number of sulfonamides is 1. The number of aryl methyl sites for hydroxylation is 1. The Kier molecular flexibility index (Phi) is 4.11. The SMILES string of the molecule is Cn1ccnc1C(=O)N1C[C@@H]2CN(S(C)(=O)=O)[C@@H](c3ccccc3)[C@@H]2C1. The van der Waals surface area contributed by atoms with Gasteiger partial charge in [-0.2, -0.15) is 4.31 Å². The zero-order chi connectivity index (χ0) is 18.5. The molecular formula is C18H22N4O3S. The minimum Gasteiger partial charge on any atom is -0.335 e. The maximum Gasteiger partial charge on any atom is 0.289 e. The Morgan fingerprint density at radius 2 is 1.88 bits per heavy atom. The molecule has 0 spiro atoms. The number of likely N-dealkylation sites (tertiary alicyclic amines) is 1. The van der Waals surface area contributed by atoms with Gasteiger partial charge in [0.25, 0.3) is 5.91 Å². The van der Waals surface area contributed by atoms with Gasteiger partial charge in [0, 0.05) is 45.0 Å². The van der Waals surface area contributed by atoms with Crippen LogP contribution >= 0.6 is 0 Å². The predicted octanol–water partition coefficient (Wildman–Crippen LogP) is 1.12. The summed E-state index contributed by atoms with van der Waals surface area (Å²) in [7, 11) is -1.52. The third-order valence-electron chi connectivity index (χ3n) is 5.49. The zero-order valence-corrected chi connectivity index (χ0v) is 15.6. The van der Waals surface area contributed by atoms with E-state index >= 15 is 0 Å². The number of rotatable bonds is 3. The van der Waals surface area contributed by atoms with E-state index in [1.54, 1.807) is 28.3 Å². The molecule has 7 nitrogen and oxygen atoms in total. The Balaban J connectivity index is 1.63. The van der Waals surface area contributed by atoms with Crippen molar-refractivity contribution >= 4 is 15.9 Å². The molecule has 26 heavy (non-hydrogen) atoms. The second-order valence-corrected chi connectivity index (χ2v) is 9.12. The van der Waals surface area contributed by atoms with Crippen molar-refractivity contribution < 1.29 is 13.2 Å². The Bertz CT molecular complexity index is 925. The van der Waals surface area contributed by atoms with Crippen LogP contribution in [0.4, 0.5) is 0 Å². The Hall–Kier alpha value is -2.19. The maximum absolute atomic E-state index is 12.8. The van der Waals surface area contributed by atoms with E-state index < -0.39 is 10.0 Å². The van der Waals surface area contributed by atoms with Crippen molar-refractivity contribution in [2.45, 2.75) is 6.04 Å². The van der Waals surface area contributed by atoms with Crippen LogP contribution in [0.1, 0.15) is 22.2 Å². The van der Waals surface area contributed by atoms with Crippen LogP contribution in [0.2, 0.25) is 0 Å². The lowest BCUT2D eigenvalue weighted by Gasteiger charge is -2.28. The topological polar surface area (TPSA) is 75.5 Å². The molecule has 2 aliphatic rings. The summed E-state index contributed by atoms with van der Waals surface area (Å²) in [6.45, 7) is 1.56. The van der Waals surface area contributed by atoms with Gasteiger partial charge < -0.3 is 9.47 Å². The number of carbonyl (C=O) groups is 1. The van der Waals surface area contributed by atoms with Crippen LogP contribution in [0.25, 0.3) is 0 Å². The summed E-state index contributed by atoms with van der Waals surface area (Å²) in [5.74, 6) is 0.557. The normalized spacial score (nSPS) is 26.2. The third-order valence-corrected chi connectivity index (χ3v) is 6.72. The van der Waals surface area contributed by atoms with Gasteiger partial charge in [-0.25, -0.2) is 13.4 Å². The lowest BCUT2D eigenvalue weighted by molar-refractivity contribution is 0.0758. The molecule has 3 heterocycles. The van der Waals surface area contributed by atoms with Crippen LogP contribution in [0.5, 0.6) is 0 Å². The summed E-state index contributed by atoms with van der Waals surface area (Å²) in [5, 5.41) is 0. The number of imidazole rings is 1. The fourth-order valence-electron chi connectivity index (χ4n) is 4.29. The molecule has 0 radical (unpaired) electrons. The largest absolute Gasteiger partial charge is 0.335 e. The number of carbonyl (C=O) groups excluding carboxylic acids is 1. The standard InChI is InChI=1S/C18H22N4O3S/c1-20-9-8-19-17(20)18(23)21-10-14-11-22(26(2,24)25)16(15(14)12-21)13-6-4-3-5-7-13/h3-9,14-16H,10-12H2,1-2H3/t14-,15-,16+/m1/s1. The summed E-state index contributed by atoms with van der Waals surface area (Å²) < 4.78 is 28.0. The summed E-state index contributed by atoms with van der Waals surface area (Å²) in [6, 6.07) is 9.48. The molecule has 2 aliphatic heterocycles. The van der Waals surface area contributed by atoms with E-state index in [0.717, 1.165) is 5.56 Å². The summed E-state index contributed by atoms with van der Waals surface area (Å²) in [4.78, 5) is 18.8. The molecule has 0 saturated carbocycles. The lowest BCUT2D eigenvalue weighted by Crippen LogP contribution is -2.37. The first kappa shape index (κ1) is 17.2. The second kappa shape index (κ2) is 6.21. The van der Waals surface area contributed by atoms with Crippen molar-refractivity contribution in [2.75, 3.05) is 25.9 Å². The fourth-order valence-corrected chi connectivity index (χ4v) is 5.44. The first-order valence-corrected chi connectivity index (χ1v) is 10.5. The van der Waals surface area contributed by atoms with Crippen LogP contribution in [-0.2, 0) is 17.1 Å². The predicted molar refractivity (Wildman–Crippen MR) is 96.8 cm³/mol. The van der Waals surface area contributed by atoms with Gasteiger partial charge in [0.05, 0.1) is 12.3 Å². The summed E-state index contributed by atoms with van der Waals surface area (Å²) >= 11 is 0. The molecule has 3 atom stereocenters. The summed E-state index contributed by atoms with van der Waals surface area (Å²) in [5.41, 5.74) is 0.983. The highest BCUT2D eigenvalue weighted by Gasteiger charge is 2.51. The second-order valence-electron chi connectivity index (χ2n) is 7.18. The van der Waals surface area contributed by atoms with Gasteiger partial charge in [0.1, 0.15) is 0 Å². The number of hydrogen-bond acceptors (Lipinski definition) is 4. The van der Waals surface area contributed by atoms with E-state index in [2.05, 4.69) is 4.98 Å². The highest BCUT2D eigenvalue weighted by atomic mass is 32.2. The van der Waals surface area contributed by atoms with E-state index in [-0.39, 0.29) is 23.8 Å². The number of aromatic nitrogens is 2. The number of amides is 1. The van der Waals surface area contributed by atoms with Crippen LogP contribution in [0.15, 0.2) is 42.7 Å². The molecule has 0 unspecified atom stereocenters. The Morgan fingerprint density at radius 3 is 2.50 bits per heavy atom. The van der Waals surface area contributed by atoms with Crippen molar-refractivity contribution in [1.82, 2.24) is 18.8 Å². The van der Waals surface area contributed by atoms with E-state index in [4.69, 9.17) is 0 Å². The molecule has 0 bridgehead atoms. The van der Waals surface area contributed by atoms with Crippen molar-refractivity contribution in [2.24, 2.45) is 18.9 Å². The van der Waals surface area contributed by atoms with Crippen molar-refractivity contribution in [3.63, 3.8) is 0 Å². The molecule has 0 N–H and O–H groups in total. The lowest BCUT2D eigenvalue weighted by atomic mass is 9.90. The smallest absolute Gasteiger partial charge is 0.289 e. The van der Waals surface area contributed by atoms with Gasteiger partial charge in [-0.15, -0.1) is 0 Å². The molecule has 1 aromatic carbocycles. The molecule has 8 heteroatoms. The van der Waals surface area contributed by atoms with E-state index in [9.17, 15) is 13.2 Å². The quantitative estimate of drug-likeness (QED) is 0.807. The number of hydrogen-bond donors (Lipinski definition) is 0. The molecule has 2 saturated heterocycles. The van der Waals surface area contributed by atoms with Gasteiger partial charge in [-0.1, -0.05) is 30.3 Å². The minimum atomic E-state index is -3.32. The third kappa shape index (κ3) is 2.83. The highest BCUT2D eigenvalue weighted by Crippen LogP contribution is 2.46. The van der Waals surface area contributed by atoms with E-state index in [1.165, 1.54) is 6.26 Å². The average Bonchev–Trinajstić information content (AvgIpc) is 3.27. The van der Waals surface area contributed by atoms with Crippen molar-refractivity contribution in [3.05, 3.63) is 54.1 Å². The number of benzene rings is 1. The van der Waals surface area contributed by atoms with Gasteiger partial charge in [0.15, 0.2) is 5.82 Å². The molecule has 0 aliphatic carbocycles. The number of fused-ring (bicyclic) bond motifs is 1. The molecule has 2 aromatic rings. The minimum absolute atomic E-state index is 0.0929. The Labute approximate surface area is 153 Å². The van der Waals surface area contributed by atoms with Crippen molar-refractivity contribution in [1.29, 1.82) is 0 Å². The molecule has 1 aromatic heterocycles. The first-order valence-electron chi connectivity index (χ1n) is 8.64. The summed E-state index contributed by atoms with van der Waals surface area (Å²) in [6.07, 6.45) is 4.63. The fraction of sp³-hybridized carbons (Fsp3) is 0.444. The molecule has 4 rings (SSSR count). The van der Waals surface area contributed by atoms with E-state index in [1.807, 2.05) is 35.2 Å². The number of nitrogens with zero attached hydrogens (tertiary/aromatic N) is 4. The van der Waals surface area contributed by atoms with Crippen molar-refractivity contribution in [3.8, 4) is 0 Å². The zero-order valence-electron chi connectivity index (χ0n) is 14.8. The molecule has 1 amide bonds. The molecular weight excluding hydrogens is 352 g/mol. The molecule has 138 valence electrons. The van der Waals surface area contributed by atoms with Gasteiger partial charge in [0.2, 0.25) is 10.0 Å². The van der Waals surface area contributed by atoms with Crippen LogP contribution in [0, 0.1) is 11.8 Å². The first-order chi connectivity index (χ1) is 12.4. The van der Waals surface area contributed by atoms with Crippen LogP contribution < -0.4 is 0 Å². The van der Waals surface area contributed by atoms with Gasteiger partial charge in [-0.3, -0.25) is 4.79 Å². The van der Waals surface area contributed by atoms with Gasteiger partial charge >= 0.3 is 0 Å². The maximum atomic E-state index is 12.8. The van der Waals surface area contributed by atoms with Crippen LogP contribution in [-0.4, -0.2) is 59.0 Å². The monoisotopic (exact) mass is 374 g/mol.